The van der Waals surface area contributed by atoms with Crippen LogP contribution in [0.3, 0.4) is 0 Å². The molecule has 0 aliphatic heterocycles. The number of nitrogens with one attached hydrogen (secondary N) is 1. The maximum atomic E-state index is 12.4. The summed E-state index contributed by atoms with van der Waals surface area (Å²) in [4.78, 5) is 23.0. The van der Waals surface area contributed by atoms with Gasteiger partial charge in [-0.3, -0.25) is 4.79 Å². The van der Waals surface area contributed by atoms with Crippen LogP contribution in [-0.2, 0) is 14.3 Å². The number of hydrogen-bond acceptors (Lipinski definition) is 3. The molecule has 1 aliphatic carbocycles. The van der Waals surface area contributed by atoms with Crippen molar-refractivity contribution >= 4 is 11.9 Å². The molecule has 23 heavy (non-hydrogen) atoms. The van der Waals surface area contributed by atoms with E-state index in [9.17, 15) is 22.8 Å². The lowest BCUT2D eigenvalue weighted by molar-refractivity contribution is -0.162. The summed E-state index contributed by atoms with van der Waals surface area (Å²) in [5.41, 5.74) is 0. The number of carboxylic acids is 1. The summed E-state index contributed by atoms with van der Waals surface area (Å²) in [7, 11) is 0. The van der Waals surface area contributed by atoms with Gasteiger partial charge in [-0.15, -0.1) is 0 Å². The third-order valence-corrected chi connectivity index (χ3v) is 3.96. The van der Waals surface area contributed by atoms with E-state index in [0.29, 0.717) is 5.92 Å². The number of halogens is 3. The first-order chi connectivity index (χ1) is 10.6. The highest BCUT2D eigenvalue weighted by molar-refractivity contribution is 5.86. The molecule has 0 radical (unpaired) electrons. The van der Waals surface area contributed by atoms with E-state index in [1.807, 2.05) is 5.32 Å². The van der Waals surface area contributed by atoms with Crippen molar-refractivity contribution in [1.29, 1.82) is 0 Å². The average molecular weight is 339 g/mol. The van der Waals surface area contributed by atoms with E-state index < -0.39 is 36.6 Å². The molecule has 1 rings (SSSR count). The first-order valence-corrected chi connectivity index (χ1v) is 7.87. The minimum Gasteiger partial charge on any atom is -0.480 e. The fraction of sp³-hybridized carbons (Fsp3) is 0.867. The van der Waals surface area contributed by atoms with E-state index in [1.54, 1.807) is 6.92 Å². The Bertz CT molecular complexity index is 414. The number of hydrogen-bond donors (Lipinski definition) is 2. The van der Waals surface area contributed by atoms with E-state index >= 15 is 0 Å². The number of carbonyl (C=O) groups excluding carboxylic acids is 1. The maximum absolute atomic E-state index is 12.4. The summed E-state index contributed by atoms with van der Waals surface area (Å²) in [6, 6.07) is -1.99. The number of carboxylic acid groups (broad SMARTS) is 1. The van der Waals surface area contributed by atoms with E-state index in [2.05, 4.69) is 6.92 Å². The highest BCUT2D eigenvalue weighted by Gasteiger charge is 2.37. The Morgan fingerprint density at radius 1 is 1.35 bits per heavy atom. The fourth-order valence-corrected chi connectivity index (χ4v) is 2.77. The second-order valence-electron chi connectivity index (χ2n) is 6.15. The van der Waals surface area contributed by atoms with Gasteiger partial charge in [0, 0.05) is 0 Å². The summed E-state index contributed by atoms with van der Waals surface area (Å²) < 4.78 is 42.8. The van der Waals surface area contributed by atoms with E-state index in [1.165, 1.54) is 0 Å². The molecule has 8 heteroatoms. The lowest BCUT2D eigenvalue weighted by atomic mass is 9.88. The molecule has 1 fully saturated rings. The Balaban J connectivity index is 2.61. The van der Waals surface area contributed by atoms with Gasteiger partial charge in [0.1, 0.15) is 12.1 Å². The lowest BCUT2D eigenvalue weighted by Crippen LogP contribution is -2.48. The molecule has 0 aromatic heterocycles. The highest BCUT2D eigenvalue weighted by Crippen LogP contribution is 2.27. The second kappa shape index (κ2) is 8.52. The van der Waals surface area contributed by atoms with Gasteiger partial charge in [-0.05, 0) is 25.2 Å². The average Bonchev–Trinajstić information content (AvgIpc) is 2.42. The van der Waals surface area contributed by atoms with Gasteiger partial charge in [0.25, 0.3) is 0 Å². The van der Waals surface area contributed by atoms with Crippen LogP contribution >= 0.6 is 0 Å². The van der Waals surface area contributed by atoms with Gasteiger partial charge in [0.2, 0.25) is 5.91 Å². The topological polar surface area (TPSA) is 75.6 Å². The Morgan fingerprint density at radius 2 is 2.00 bits per heavy atom. The van der Waals surface area contributed by atoms with Gasteiger partial charge in [-0.25, -0.2) is 4.79 Å². The number of ether oxygens (including phenoxy) is 1. The van der Waals surface area contributed by atoms with Crippen molar-refractivity contribution < 1.29 is 32.6 Å². The maximum Gasteiger partial charge on any atom is 0.391 e. The molecular formula is C15H24F3NO4. The molecule has 5 nitrogen and oxygen atoms in total. The van der Waals surface area contributed by atoms with Crippen LogP contribution in [0.15, 0.2) is 0 Å². The number of aliphatic carboxylic acids is 1. The van der Waals surface area contributed by atoms with Crippen molar-refractivity contribution in [3.63, 3.8) is 0 Å². The third kappa shape index (κ3) is 7.20. The van der Waals surface area contributed by atoms with Crippen molar-refractivity contribution in [2.75, 3.05) is 0 Å². The Hall–Kier alpha value is -1.31. The monoisotopic (exact) mass is 339 g/mol. The molecule has 0 heterocycles. The Labute approximate surface area is 133 Å². The molecular weight excluding hydrogens is 315 g/mol. The molecule has 4 atom stereocenters. The van der Waals surface area contributed by atoms with Gasteiger partial charge in [-0.2, -0.15) is 13.2 Å². The zero-order valence-electron chi connectivity index (χ0n) is 13.4. The van der Waals surface area contributed by atoms with Crippen molar-refractivity contribution in [1.82, 2.24) is 5.32 Å². The normalized spacial score (nSPS) is 24.7. The van der Waals surface area contributed by atoms with E-state index in [-0.39, 0.29) is 12.5 Å². The molecule has 1 saturated carbocycles. The van der Waals surface area contributed by atoms with Gasteiger partial charge < -0.3 is 15.2 Å². The molecule has 0 saturated heterocycles. The molecule has 0 spiro atoms. The summed E-state index contributed by atoms with van der Waals surface area (Å²) in [6.07, 6.45) is -3.36. The van der Waals surface area contributed by atoms with Crippen LogP contribution in [0.25, 0.3) is 0 Å². The Morgan fingerprint density at radius 3 is 2.48 bits per heavy atom. The summed E-state index contributed by atoms with van der Waals surface area (Å²) in [5.74, 6) is -2.04. The zero-order valence-corrected chi connectivity index (χ0v) is 13.4. The van der Waals surface area contributed by atoms with Gasteiger partial charge >= 0.3 is 12.1 Å². The molecule has 0 aromatic carbocycles. The van der Waals surface area contributed by atoms with Crippen molar-refractivity contribution in [3.05, 3.63) is 0 Å². The largest absolute Gasteiger partial charge is 0.480 e. The van der Waals surface area contributed by atoms with Gasteiger partial charge in [0.05, 0.1) is 12.5 Å². The van der Waals surface area contributed by atoms with Crippen LogP contribution in [0.4, 0.5) is 13.2 Å². The predicted molar refractivity (Wildman–Crippen MR) is 76.8 cm³/mol. The zero-order chi connectivity index (χ0) is 17.6. The molecule has 2 N–H and O–H groups in total. The van der Waals surface area contributed by atoms with Gasteiger partial charge in [0.15, 0.2) is 0 Å². The number of carbonyl (C=O) groups is 2. The second-order valence-corrected chi connectivity index (χ2v) is 6.15. The summed E-state index contributed by atoms with van der Waals surface area (Å²) in [5, 5.41) is 10.8. The number of amides is 1. The van der Waals surface area contributed by atoms with Crippen LogP contribution < -0.4 is 5.32 Å². The van der Waals surface area contributed by atoms with Crippen LogP contribution in [-0.4, -0.2) is 41.4 Å². The van der Waals surface area contributed by atoms with Crippen LogP contribution in [0.5, 0.6) is 0 Å². The first-order valence-electron chi connectivity index (χ1n) is 7.87. The molecule has 0 aromatic rings. The highest BCUT2D eigenvalue weighted by atomic mass is 19.4. The van der Waals surface area contributed by atoms with E-state index in [4.69, 9.17) is 9.84 Å². The fourth-order valence-electron chi connectivity index (χ4n) is 2.77. The quantitative estimate of drug-likeness (QED) is 0.748. The third-order valence-electron chi connectivity index (χ3n) is 3.96. The smallest absolute Gasteiger partial charge is 0.391 e. The minimum absolute atomic E-state index is 0.111. The predicted octanol–water partition coefficient (Wildman–Crippen LogP) is 2.88. The van der Waals surface area contributed by atoms with Crippen molar-refractivity contribution in [2.24, 2.45) is 5.92 Å². The molecule has 0 bridgehead atoms. The number of rotatable bonds is 7. The Kier molecular flexibility index (Phi) is 7.31. The molecule has 134 valence electrons. The lowest BCUT2D eigenvalue weighted by Gasteiger charge is -2.30. The van der Waals surface area contributed by atoms with Crippen LogP contribution in [0, 0.1) is 5.92 Å². The minimum atomic E-state index is -4.67. The number of alkyl halides is 3. The summed E-state index contributed by atoms with van der Waals surface area (Å²) in [6.45, 7) is 3.76. The summed E-state index contributed by atoms with van der Waals surface area (Å²) >= 11 is 0. The SMILES string of the molecule is CCC(OC1CCCC(C)C1)C(=O)NC(CC(F)(F)F)C(=O)O. The van der Waals surface area contributed by atoms with Crippen molar-refractivity contribution in [2.45, 2.75) is 76.8 Å². The van der Waals surface area contributed by atoms with Crippen LogP contribution in [0.1, 0.15) is 52.4 Å². The molecule has 1 aliphatic rings. The first kappa shape index (κ1) is 19.7. The molecule has 1 amide bonds. The van der Waals surface area contributed by atoms with E-state index in [0.717, 1.165) is 25.7 Å². The van der Waals surface area contributed by atoms with Gasteiger partial charge in [-0.1, -0.05) is 26.7 Å². The standard InChI is InChI=1S/C15H24F3NO4/c1-3-12(23-10-6-4-5-9(2)7-10)13(20)19-11(14(21)22)8-15(16,17)18/h9-12H,3-8H2,1-2H3,(H,19,20)(H,21,22). The van der Waals surface area contributed by atoms with Crippen LogP contribution in [0.2, 0.25) is 0 Å². The molecule has 4 unspecified atom stereocenters. The van der Waals surface area contributed by atoms with Crippen molar-refractivity contribution in [3.8, 4) is 0 Å².